The highest BCUT2D eigenvalue weighted by Gasteiger charge is 2.17. The van der Waals surface area contributed by atoms with E-state index in [-0.39, 0.29) is 13.1 Å². The molecule has 1 aliphatic rings. The maximum Gasteiger partial charge on any atom is 0.231 e. The van der Waals surface area contributed by atoms with Gasteiger partial charge in [0.05, 0.1) is 13.1 Å². The van der Waals surface area contributed by atoms with Crippen molar-refractivity contribution < 1.29 is 9.59 Å². The minimum Gasteiger partial charge on any atom is -0.384 e. The highest BCUT2D eigenvalue weighted by atomic mass is 16.2. The van der Waals surface area contributed by atoms with Gasteiger partial charge >= 0.3 is 0 Å². The molecule has 6 nitrogen and oxygen atoms in total. The van der Waals surface area contributed by atoms with E-state index in [2.05, 4.69) is 11.4 Å². The third-order valence-electron chi connectivity index (χ3n) is 3.09. The number of hydrogen-bond acceptors (Lipinski definition) is 4. The van der Waals surface area contributed by atoms with Crippen LogP contribution in [0.2, 0.25) is 0 Å². The molecule has 0 saturated heterocycles. The number of amides is 2. The molecule has 1 aliphatic heterocycles. The van der Waals surface area contributed by atoms with E-state index in [9.17, 15) is 9.59 Å². The molecule has 0 bridgehead atoms. The van der Waals surface area contributed by atoms with Gasteiger partial charge in [-0.15, -0.1) is 0 Å². The van der Waals surface area contributed by atoms with Crippen LogP contribution in [0.3, 0.4) is 0 Å². The molecule has 0 fully saturated rings. The number of nitrogens with two attached hydrogens (primary N) is 2. The van der Waals surface area contributed by atoms with Crippen LogP contribution in [0.1, 0.15) is 11.1 Å². The molecule has 0 unspecified atom stereocenters. The summed E-state index contributed by atoms with van der Waals surface area (Å²) in [6.07, 6.45) is 0.995. The van der Waals surface area contributed by atoms with Crippen molar-refractivity contribution in [1.29, 1.82) is 0 Å². The summed E-state index contributed by atoms with van der Waals surface area (Å²) in [6.45, 7) is 1.43. The van der Waals surface area contributed by atoms with Gasteiger partial charge < -0.3 is 16.8 Å². The average molecular weight is 262 g/mol. The third kappa shape index (κ3) is 3.45. The maximum atomic E-state index is 11.0. The van der Waals surface area contributed by atoms with E-state index in [0.29, 0.717) is 6.54 Å². The fourth-order valence-corrected chi connectivity index (χ4v) is 2.39. The van der Waals surface area contributed by atoms with Crippen LogP contribution in [-0.4, -0.2) is 36.3 Å². The van der Waals surface area contributed by atoms with Crippen LogP contribution in [0, 0.1) is 0 Å². The standard InChI is InChI=1S/C13H18N4O2/c14-11(18)7-17(8-12(15)19)6-10-3-1-2-9-4-5-16-13(9)10/h1-3,16H,4-8H2,(H2,14,18)(H2,15,19). The summed E-state index contributed by atoms with van der Waals surface area (Å²) in [7, 11) is 0. The van der Waals surface area contributed by atoms with E-state index in [1.807, 2.05) is 12.1 Å². The van der Waals surface area contributed by atoms with Gasteiger partial charge in [-0.3, -0.25) is 14.5 Å². The number of primary amides is 2. The van der Waals surface area contributed by atoms with E-state index in [0.717, 1.165) is 24.2 Å². The van der Waals surface area contributed by atoms with Crippen LogP contribution < -0.4 is 16.8 Å². The lowest BCUT2D eigenvalue weighted by molar-refractivity contribution is -0.122. The van der Waals surface area contributed by atoms with Gasteiger partial charge in [-0.2, -0.15) is 0 Å². The summed E-state index contributed by atoms with van der Waals surface area (Å²) in [4.78, 5) is 23.7. The molecule has 5 N–H and O–H groups in total. The summed E-state index contributed by atoms with van der Waals surface area (Å²) in [5, 5.41) is 3.32. The molecule has 0 aliphatic carbocycles. The lowest BCUT2D eigenvalue weighted by Crippen LogP contribution is -2.39. The normalized spacial score (nSPS) is 13.1. The molecule has 1 aromatic rings. The van der Waals surface area contributed by atoms with E-state index in [1.165, 1.54) is 5.56 Å². The van der Waals surface area contributed by atoms with Crippen molar-refractivity contribution >= 4 is 17.5 Å². The number of rotatable bonds is 6. The molecule has 102 valence electrons. The zero-order valence-corrected chi connectivity index (χ0v) is 10.7. The molecule has 2 amide bonds. The Morgan fingerprint density at radius 1 is 1.21 bits per heavy atom. The van der Waals surface area contributed by atoms with Crippen LogP contribution in [0.15, 0.2) is 18.2 Å². The molecule has 2 rings (SSSR count). The van der Waals surface area contributed by atoms with E-state index < -0.39 is 11.8 Å². The first kappa shape index (κ1) is 13.4. The smallest absolute Gasteiger partial charge is 0.231 e. The fourth-order valence-electron chi connectivity index (χ4n) is 2.39. The fraction of sp³-hybridized carbons (Fsp3) is 0.385. The highest BCUT2D eigenvalue weighted by molar-refractivity contribution is 5.79. The molecule has 0 aromatic heterocycles. The Labute approximate surface area is 111 Å². The number of nitrogens with one attached hydrogen (secondary N) is 1. The first-order valence-corrected chi connectivity index (χ1v) is 6.20. The Morgan fingerprint density at radius 2 is 1.89 bits per heavy atom. The second-order valence-corrected chi connectivity index (χ2v) is 4.71. The van der Waals surface area contributed by atoms with Crippen LogP contribution >= 0.6 is 0 Å². The number of nitrogens with zero attached hydrogens (tertiary/aromatic N) is 1. The van der Waals surface area contributed by atoms with Gasteiger partial charge in [0.15, 0.2) is 0 Å². The van der Waals surface area contributed by atoms with Gasteiger partial charge in [0.25, 0.3) is 0 Å². The van der Waals surface area contributed by atoms with Gasteiger partial charge in [0.2, 0.25) is 11.8 Å². The Morgan fingerprint density at radius 3 is 2.53 bits per heavy atom. The van der Waals surface area contributed by atoms with Crippen molar-refractivity contribution in [1.82, 2.24) is 4.90 Å². The molecular formula is C13H18N4O2. The summed E-state index contributed by atoms with van der Waals surface area (Å²) < 4.78 is 0. The second kappa shape index (κ2) is 5.71. The first-order valence-electron chi connectivity index (χ1n) is 6.20. The van der Waals surface area contributed by atoms with Crippen LogP contribution in [0.25, 0.3) is 0 Å². The molecule has 1 aromatic carbocycles. The zero-order valence-electron chi connectivity index (χ0n) is 10.7. The molecule has 0 spiro atoms. The van der Waals surface area contributed by atoms with Gasteiger partial charge in [-0.1, -0.05) is 18.2 Å². The third-order valence-corrected chi connectivity index (χ3v) is 3.09. The Kier molecular flexibility index (Phi) is 4.01. The lowest BCUT2D eigenvalue weighted by atomic mass is 10.1. The molecule has 19 heavy (non-hydrogen) atoms. The minimum atomic E-state index is -0.471. The predicted molar refractivity (Wildman–Crippen MR) is 72.3 cm³/mol. The van der Waals surface area contributed by atoms with Crippen molar-refractivity contribution in [3.05, 3.63) is 29.3 Å². The minimum absolute atomic E-state index is 0.0204. The molecule has 0 atom stereocenters. The SMILES string of the molecule is NC(=O)CN(CC(N)=O)Cc1cccc2c1NCC2. The van der Waals surface area contributed by atoms with Crippen molar-refractivity contribution in [2.75, 3.05) is 25.0 Å². The number of anilines is 1. The Bertz CT molecular complexity index is 485. The number of hydrogen-bond donors (Lipinski definition) is 3. The van der Waals surface area contributed by atoms with Crippen LogP contribution in [0.4, 0.5) is 5.69 Å². The van der Waals surface area contributed by atoms with Gasteiger partial charge in [0, 0.05) is 18.8 Å². The zero-order chi connectivity index (χ0) is 13.8. The molecule has 1 heterocycles. The molecular weight excluding hydrogens is 244 g/mol. The summed E-state index contributed by atoms with van der Waals surface area (Å²) in [6, 6.07) is 6.03. The largest absolute Gasteiger partial charge is 0.384 e. The monoisotopic (exact) mass is 262 g/mol. The van der Waals surface area contributed by atoms with Crippen molar-refractivity contribution in [3.8, 4) is 0 Å². The van der Waals surface area contributed by atoms with Crippen molar-refractivity contribution in [2.24, 2.45) is 11.5 Å². The second-order valence-electron chi connectivity index (χ2n) is 4.71. The maximum absolute atomic E-state index is 11.0. The number of carbonyl (C=O) groups is 2. The van der Waals surface area contributed by atoms with E-state index >= 15 is 0 Å². The first-order chi connectivity index (χ1) is 9.06. The number of fused-ring (bicyclic) bond motifs is 1. The van der Waals surface area contributed by atoms with Crippen molar-refractivity contribution in [3.63, 3.8) is 0 Å². The highest BCUT2D eigenvalue weighted by Crippen LogP contribution is 2.27. The lowest BCUT2D eigenvalue weighted by Gasteiger charge is -2.20. The van der Waals surface area contributed by atoms with Crippen LogP contribution in [-0.2, 0) is 22.6 Å². The van der Waals surface area contributed by atoms with Gasteiger partial charge in [-0.25, -0.2) is 0 Å². The number of para-hydroxylation sites is 1. The average Bonchev–Trinajstić information content (AvgIpc) is 2.76. The van der Waals surface area contributed by atoms with Crippen LogP contribution in [0.5, 0.6) is 0 Å². The Balaban J connectivity index is 2.14. The van der Waals surface area contributed by atoms with Gasteiger partial charge in [0.1, 0.15) is 0 Å². The quantitative estimate of drug-likeness (QED) is 0.638. The predicted octanol–water partition coefficient (Wildman–Crippen LogP) is -0.573. The summed E-state index contributed by atoms with van der Waals surface area (Å²) in [5.41, 5.74) is 13.8. The van der Waals surface area contributed by atoms with E-state index in [1.54, 1.807) is 4.90 Å². The summed E-state index contributed by atoms with van der Waals surface area (Å²) >= 11 is 0. The molecule has 0 radical (unpaired) electrons. The molecule has 6 heteroatoms. The number of benzene rings is 1. The van der Waals surface area contributed by atoms with E-state index in [4.69, 9.17) is 11.5 Å². The Hall–Kier alpha value is -2.08. The number of carbonyl (C=O) groups excluding carboxylic acids is 2. The molecule has 0 saturated carbocycles. The summed E-state index contributed by atoms with van der Waals surface area (Å²) in [5.74, 6) is -0.941. The van der Waals surface area contributed by atoms with Crippen molar-refractivity contribution in [2.45, 2.75) is 13.0 Å². The topological polar surface area (TPSA) is 101 Å². The van der Waals surface area contributed by atoms with Gasteiger partial charge in [-0.05, 0) is 17.5 Å².